The fourth-order valence-corrected chi connectivity index (χ4v) is 4.39. The van der Waals surface area contributed by atoms with Gasteiger partial charge in [-0.25, -0.2) is 9.78 Å². The molecule has 11 heteroatoms. The van der Waals surface area contributed by atoms with Crippen LogP contribution in [0.1, 0.15) is 18.4 Å². The number of methoxy groups -OCH3 is 1. The number of amides is 2. The van der Waals surface area contributed by atoms with Crippen LogP contribution in [0.2, 0.25) is 0 Å². The summed E-state index contributed by atoms with van der Waals surface area (Å²) in [5.74, 6) is 1.16. The minimum atomic E-state index is -0.561. The van der Waals surface area contributed by atoms with E-state index in [0.717, 1.165) is 5.56 Å². The first-order valence-corrected chi connectivity index (χ1v) is 11.9. The van der Waals surface area contributed by atoms with Crippen molar-refractivity contribution in [2.45, 2.75) is 19.4 Å². The van der Waals surface area contributed by atoms with Gasteiger partial charge in [0.15, 0.2) is 28.0 Å². The lowest BCUT2D eigenvalue weighted by atomic mass is 10.1. The first-order valence-electron chi connectivity index (χ1n) is 11.0. The first kappa shape index (κ1) is 23.4. The van der Waals surface area contributed by atoms with Gasteiger partial charge < -0.3 is 29.3 Å². The van der Waals surface area contributed by atoms with Gasteiger partial charge in [-0.1, -0.05) is 18.2 Å². The summed E-state index contributed by atoms with van der Waals surface area (Å²) in [6.45, 7) is 0.499. The van der Waals surface area contributed by atoms with Crippen LogP contribution in [-0.4, -0.2) is 30.7 Å². The summed E-state index contributed by atoms with van der Waals surface area (Å²) in [5.41, 5.74) is 1.32. The van der Waals surface area contributed by atoms with Crippen molar-refractivity contribution in [1.29, 1.82) is 0 Å². The van der Waals surface area contributed by atoms with E-state index in [9.17, 15) is 14.4 Å². The molecule has 2 aromatic carbocycles. The van der Waals surface area contributed by atoms with Crippen LogP contribution < -0.4 is 30.5 Å². The van der Waals surface area contributed by atoms with Gasteiger partial charge in [-0.3, -0.25) is 9.59 Å². The van der Waals surface area contributed by atoms with Crippen molar-refractivity contribution in [3.8, 4) is 28.5 Å². The lowest BCUT2D eigenvalue weighted by Gasteiger charge is -2.06. The van der Waals surface area contributed by atoms with Gasteiger partial charge in [0, 0.05) is 30.2 Å². The maximum atomic E-state index is 12.5. The van der Waals surface area contributed by atoms with Crippen LogP contribution in [-0.2, 0) is 16.1 Å². The molecule has 36 heavy (non-hydrogen) atoms. The summed E-state index contributed by atoms with van der Waals surface area (Å²) in [4.78, 5) is 41.4. The third-order valence-electron chi connectivity index (χ3n) is 5.48. The highest BCUT2D eigenvalue weighted by Gasteiger charge is 2.16. The molecule has 4 aromatic rings. The zero-order valence-corrected chi connectivity index (χ0v) is 20.0. The second-order valence-corrected chi connectivity index (χ2v) is 8.73. The number of nitrogens with one attached hydrogen (secondary N) is 2. The molecule has 0 radical (unpaired) electrons. The van der Waals surface area contributed by atoms with E-state index < -0.39 is 5.63 Å². The zero-order valence-electron chi connectivity index (χ0n) is 19.2. The number of fused-ring (bicyclic) bond motifs is 2. The van der Waals surface area contributed by atoms with E-state index in [-0.39, 0.29) is 37.0 Å². The van der Waals surface area contributed by atoms with Gasteiger partial charge in [0.1, 0.15) is 0 Å². The number of anilines is 1. The molecule has 0 saturated carbocycles. The molecule has 5 rings (SSSR count). The smallest absolute Gasteiger partial charge is 0.345 e. The van der Waals surface area contributed by atoms with Crippen molar-refractivity contribution >= 4 is 39.3 Å². The fourth-order valence-electron chi connectivity index (χ4n) is 3.66. The van der Waals surface area contributed by atoms with E-state index in [1.54, 1.807) is 35.7 Å². The number of nitrogens with zero attached hydrogens (tertiary/aromatic N) is 1. The fraction of sp³-hybridized carbons (Fsp3) is 0.200. The van der Waals surface area contributed by atoms with E-state index in [0.29, 0.717) is 45.6 Å². The summed E-state index contributed by atoms with van der Waals surface area (Å²) in [7, 11) is 1.50. The average Bonchev–Trinajstić information content (AvgIpc) is 3.54. The van der Waals surface area contributed by atoms with Gasteiger partial charge in [-0.15, -0.1) is 11.3 Å². The molecule has 2 N–H and O–H groups in total. The molecule has 2 amide bonds. The van der Waals surface area contributed by atoms with E-state index in [4.69, 9.17) is 18.6 Å². The summed E-state index contributed by atoms with van der Waals surface area (Å²) < 4.78 is 21.3. The van der Waals surface area contributed by atoms with Gasteiger partial charge in [-0.05, 0) is 29.8 Å². The molecule has 0 bridgehead atoms. The Hall–Kier alpha value is -4.38. The van der Waals surface area contributed by atoms with Crippen molar-refractivity contribution < 1.29 is 28.2 Å². The van der Waals surface area contributed by atoms with Crippen LogP contribution in [0.3, 0.4) is 0 Å². The van der Waals surface area contributed by atoms with Gasteiger partial charge >= 0.3 is 5.63 Å². The SMILES string of the molecule is COc1cccc2cc(-c3csc(NC(=O)CCC(=O)NCc4ccc5c(c4)OCO5)n3)c(=O)oc12. The molecule has 0 aliphatic carbocycles. The van der Waals surface area contributed by atoms with E-state index >= 15 is 0 Å². The van der Waals surface area contributed by atoms with E-state index in [1.165, 1.54) is 18.4 Å². The molecule has 184 valence electrons. The van der Waals surface area contributed by atoms with Crippen LogP contribution in [0.15, 0.2) is 57.1 Å². The Balaban J connectivity index is 1.15. The molecule has 0 fully saturated rings. The number of carbonyl (C=O) groups is 2. The monoisotopic (exact) mass is 507 g/mol. The lowest BCUT2D eigenvalue weighted by Crippen LogP contribution is -2.24. The maximum absolute atomic E-state index is 12.5. The second kappa shape index (κ2) is 10.1. The summed E-state index contributed by atoms with van der Waals surface area (Å²) in [5, 5.41) is 8.12. The topological polar surface area (TPSA) is 129 Å². The summed E-state index contributed by atoms with van der Waals surface area (Å²) in [6.07, 6.45) is 0.00447. The van der Waals surface area contributed by atoms with Crippen LogP contribution >= 0.6 is 11.3 Å². The van der Waals surface area contributed by atoms with Crippen molar-refractivity contribution in [2.75, 3.05) is 19.2 Å². The molecule has 0 spiro atoms. The predicted molar refractivity (Wildman–Crippen MR) is 132 cm³/mol. The molecule has 1 aliphatic heterocycles. The highest BCUT2D eigenvalue weighted by molar-refractivity contribution is 7.14. The first-order chi connectivity index (χ1) is 17.5. The van der Waals surface area contributed by atoms with Crippen LogP contribution in [0.5, 0.6) is 17.2 Å². The van der Waals surface area contributed by atoms with Gasteiger partial charge in [0.2, 0.25) is 18.6 Å². The molecule has 10 nitrogen and oxygen atoms in total. The lowest BCUT2D eigenvalue weighted by molar-refractivity contribution is -0.124. The predicted octanol–water partition coefficient (Wildman–Crippen LogP) is 3.69. The molecule has 3 heterocycles. The average molecular weight is 508 g/mol. The summed E-state index contributed by atoms with van der Waals surface area (Å²) in [6, 6.07) is 12.4. The van der Waals surface area contributed by atoms with Crippen LogP contribution in [0.25, 0.3) is 22.2 Å². The number of hydrogen-bond acceptors (Lipinski definition) is 9. The minimum absolute atomic E-state index is 0.0141. The number of rotatable bonds is 8. The standard InChI is InChI=1S/C25H21N3O7S/c1-32-19-4-2-3-15-10-16(24(31)35-23(15)19)17-12-36-25(27-17)28-22(30)8-7-21(29)26-11-14-5-6-18-20(9-14)34-13-33-18/h2-6,9-10,12H,7-8,11,13H2,1H3,(H,26,29)(H,27,28,30). The van der Waals surface area contributed by atoms with Gasteiger partial charge in [-0.2, -0.15) is 0 Å². The van der Waals surface area contributed by atoms with Gasteiger partial charge in [0.25, 0.3) is 0 Å². The summed E-state index contributed by atoms with van der Waals surface area (Å²) >= 11 is 1.18. The Kier molecular flexibility index (Phi) is 6.54. The minimum Gasteiger partial charge on any atom is -0.493 e. The molecule has 0 unspecified atom stereocenters. The quantitative estimate of drug-likeness (QED) is 0.346. The Morgan fingerprint density at radius 2 is 1.92 bits per heavy atom. The van der Waals surface area contributed by atoms with Crippen LogP contribution in [0, 0.1) is 0 Å². The van der Waals surface area contributed by atoms with Crippen LogP contribution in [0.4, 0.5) is 5.13 Å². The number of carbonyl (C=O) groups excluding carboxylic acids is 2. The number of thiazole rings is 1. The number of hydrogen-bond donors (Lipinski definition) is 2. The van der Waals surface area contributed by atoms with Crippen molar-refractivity contribution in [2.24, 2.45) is 0 Å². The highest BCUT2D eigenvalue weighted by Crippen LogP contribution is 2.32. The Morgan fingerprint density at radius 3 is 2.78 bits per heavy atom. The third-order valence-corrected chi connectivity index (χ3v) is 6.23. The second-order valence-electron chi connectivity index (χ2n) is 7.88. The maximum Gasteiger partial charge on any atom is 0.345 e. The highest BCUT2D eigenvalue weighted by atomic mass is 32.1. The van der Waals surface area contributed by atoms with Crippen molar-refractivity contribution in [1.82, 2.24) is 10.3 Å². The number of para-hydroxylation sites is 1. The van der Waals surface area contributed by atoms with Crippen molar-refractivity contribution in [3.05, 3.63) is 63.8 Å². The molecule has 0 saturated heterocycles. The Morgan fingerprint density at radius 1 is 1.08 bits per heavy atom. The third kappa shape index (κ3) is 5.01. The van der Waals surface area contributed by atoms with E-state index in [2.05, 4.69) is 15.6 Å². The number of aromatic nitrogens is 1. The largest absolute Gasteiger partial charge is 0.493 e. The Labute approximate surface area is 208 Å². The van der Waals surface area contributed by atoms with E-state index in [1.807, 2.05) is 12.1 Å². The number of benzene rings is 2. The molecular weight excluding hydrogens is 486 g/mol. The number of ether oxygens (including phenoxy) is 3. The zero-order chi connectivity index (χ0) is 25.1. The van der Waals surface area contributed by atoms with Crippen molar-refractivity contribution in [3.63, 3.8) is 0 Å². The molecule has 2 aromatic heterocycles. The Bertz CT molecular complexity index is 1510. The van der Waals surface area contributed by atoms with Gasteiger partial charge in [0.05, 0.1) is 18.4 Å². The normalized spacial score (nSPS) is 11.9. The molecule has 1 aliphatic rings. The molecule has 0 atom stereocenters. The molecular formula is C25H21N3O7S.